The second kappa shape index (κ2) is 5.62. The first kappa shape index (κ1) is 15.7. The predicted molar refractivity (Wildman–Crippen MR) is 86.2 cm³/mol. The average molecular weight is 303 g/mol. The molecule has 0 saturated carbocycles. The molecule has 0 fully saturated rings. The van der Waals surface area contributed by atoms with E-state index in [9.17, 15) is 8.42 Å². The number of benzene rings is 2. The Kier molecular flexibility index (Phi) is 4.21. The van der Waals surface area contributed by atoms with E-state index >= 15 is 0 Å². The first-order valence-electron chi connectivity index (χ1n) is 6.83. The Balaban J connectivity index is 2.44. The molecule has 0 heterocycles. The summed E-state index contributed by atoms with van der Waals surface area (Å²) in [5.41, 5.74) is 11.9. The number of rotatable bonds is 3. The maximum absolute atomic E-state index is 11.5. The molecule has 3 nitrogen and oxygen atoms in total. The second-order valence-corrected chi connectivity index (χ2v) is 7.65. The first-order chi connectivity index (χ1) is 9.70. The van der Waals surface area contributed by atoms with Gasteiger partial charge in [0.2, 0.25) is 0 Å². The molecule has 2 aromatic rings. The minimum atomic E-state index is -3.17. The van der Waals surface area contributed by atoms with Crippen LogP contribution < -0.4 is 5.73 Å². The maximum atomic E-state index is 11.5. The van der Waals surface area contributed by atoms with Gasteiger partial charge in [-0.2, -0.15) is 0 Å². The summed E-state index contributed by atoms with van der Waals surface area (Å²) in [7, 11) is -3.17. The lowest BCUT2D eigenvalue weighted by Crippen LogP contribution is -2.15. The molecular weight excluding hydrogens is 282 g/mol. The number of aryl methyl sites for hydroxylation is 3. The molecule has 0 radical (unpaired) electrons. The van der Waals surface area contributed by atoms with E-state index in [4.69, 9.17) is 5.73 Å². The molecule has 0 aliphatic carbocycles. The molecule has 2 N–H and O–H groups in total. The zero-order valence-electron chi connectivity index (χ0n) is 12.8. The molecule has 4 heteroatoms. The Hall–Kier alpha value is -1.65. The van der Waals surface area contributed by atoms with Crippen molar-refractivity contribution in [2.75, 3.05) is 6.26 Å². The van der Waals surface area contributed by atoms with Gasteiger partial charge in [-0.15, -0.1) is 0 Å². The second-order valence-electron chi connectivity index (χ2n) is 5.63. The zero-order valence-corrected chi connectivity index (χ0v) is 13.7. The van der Waals surface area contributed by atoms with Gasteiger partial charge in [0, 0.05) is 6.26 Å². The van der Waals surface area contributed by atoms with Crippen LogP contribution in [0.15, 0.2) is 41.3 Å². The van der Waals surface area contributed by atoms with E-state index in [1.54, 1.807) is 24.3 Å². The molecular formula is C17H21NO2S. The van der Waals surface area contributed by atoms with Crippen molar-refractivity contribution in [1.29, 1.82) is 0 Å². The molecule has 2 aromatic carbocycles. The van der Waals surface area contributed by atoms with Crippen LogP contribution in [0.4, 0.5) is 0 Å². The average Bonchev–Trinajstić information content (AvgIpc) is 2.36. The Morgan fingerprint density at radius 2 is 1.43 bits per heavy atom. The summed E-state index contributed by atoms with van der Waals surface area (Å²) in [5.74, 6) is 0. The molecule has 2 rings (SSSR count). The van der Waals surface area contributed by atoms with E-state index in [-0.39, 0.29) is 6.04 Å². The van der Waals surface area contributed by atoms with E-state index in [0.717, 1.165) is 22.3 Å². The van der Waals surface area contributed by atoms with Crippen molar-refractivity contribution in [3.63, 3.8) is 0 Å². The summed E-state index contributed by atoms with van der Waals surface area (Å²) >= 11 is 0. The van der Waals surface area contributed by atoms with Gasteiger partial charge in [0.25, 0.3) is 0 Å². The van der Waals surface area contributed by atoms with Crippen molar-refractivity contribution < 1.29 is 8.42 Å². The van der Waals surface area contributed by atoms with Gasteiger partial charge < -0.3 is 5.73 Å². The molecule has 0 aromatic heterocycles. The third-order valence-electron chi connectivity index (χ3n) is 3.72. The fourth-order valence-electron chi connectivity index (χ4n) is 2.77. The van der Waals surface area contributed by atoms with Gasteiger partial charge in [-0.1, -0.05) is 29.8 Å². The van der Waals surface area contributed by atoms with Gasteiger partial charge in [0.05, 0.1) is 10.9 Å². The Morgan fingerprint density at radius 3 is 1.86 bits per heavy atom. The fraction of sp³-hybridized carbons (Fsp3) is 0.294. The molecule has 1 atom stereocenters. The number of nitrogens with two attached hydrogens (primary N) is 1. The van der Waals surface area contributed by atoms with Gasteiger partial charge in [-0.25, -0.2) is 8.42 Å². The molecule has 0 bridgehead atoms. The van der Waals surface area contributed by atoms with Crippen molar-refractivity contribution in [2.45, 2.75) is 31.7 Å². The van der Waals surface area contributed by atoms with Crippen LogP contribution in [-0.4, -0.2) is 14.7 Å². The minimum Gasteiger partial charge on any atom is -0.320 e. The van der Waals surface area contributed by atoms with Crippen LogP contribution in [-0.2, 0) is 9.84 Å². The molecule has 21 heavy (non-hydrogen) atoms. The molecule has 0 amide bonds. The monoisotopic (exact) mass is 303 g/mol. The summed E-state index contributed by atoms with van der Waals surface area (Å²) in [6, 6.07) is 10.8. The third kappa shape index (κ3) is 3.34. The minimum absolute atomic E-state index is 0.251. The lowest BCUT2D eigenvalue weighted by atomic mass is 9.90. The van der Waals surface area contributed by atoms with Crippen molar-refractivity contribution in [1.82, 2.24) is 0 Å². The molecule has 0 spiro atoms. The normalized spacial score (nSPS) is 13.2. The van der Waals surface area contributed by atoms with Gasteiger partial charge >= 0.3 is 0 Å². The Labute approximate surface area is 126 Å². The number of sulfone groups is 1. The highest BCUT2D eigenvalue weighted by atomic mass is 32.2. The number of hydrogen-bond acceptors (Lipinski definition) is 3. The van der Waals surface area contributed by atoms with E-state index in [2.05, 4.69) is 32.9 Å². The van der Waals surface area contributed by atoms with Crippen LogP contribution in [0.3, 0.4) is 0 Å². The van der Waals surface area contributed by atoms with Crippen molar-refractivity contribution in [3.05, 3.63) is 64.2 Å². The SMILES string of the molecule is Cc1cc(C)c(C(N)c2ccc(S(C)(=O)=O)cc2)c(C)c1. The lowest BCUT2D eigenvalue weighted by Gasteiger charge is -2.19. The summed E-state index contributed by atoms with van der Waals surface area (Å²) < 4.78 is 23.0. The van der Waals surface area contributed by atoms with Gasteiger partial charge in [-0.05, 0) is 55.2 Å². The van der Waals surface area contributed by atoms with Crippen LogP contribution in [0.2, 0.25) is 0 Å². The van der Waals surface area contributed by atoms with Crippen LogP contribution in [0.5, 0.6) is 0 Å². The Morgan fingerprint density at radius 1 is 0.952 bits per heavy atom. The van der Waals surface area contributed by atoms with Gasteiger partial charge in [-0.3, -0.25) is 0 Å². The fourth-order valence-corrected chi connectivity index (χ4v) is 3.40. The maximum Gasteiger partial charge on any atom is 0.175 e. The smallest absolute Gasteiger partial charge is 0.175 e. The van der Waals surface area contributed by atoms with Crippen molar-refractivity contribution >= 4 is 9.84 Å². The largest absolute Gasteiger partial charge is 0.320 e. The third-order valence-corrected chi connectivity index (χ3v) is 4.84. The van der Waals surface area contributed by atoms with E-state index in [1.165, 1.54) is 11.8 Å². The van der Waals surface area contributed by atoms with Crippen molar-refractivity contribution in [2.24, 2.45) is 5.73 Å². The zero-order chi connectivity index (χ0) is 15.8. The highest BCUT2D eigenvalue weighted by Gasteiger charge is 2.15. The van der Waals surface area contributed by atoms with Gasteiger partial charge in [0.15, 0.2) is 9.84 Å². The molecule has 1 unspecified atom stereocenters. The number of hydrogen-bond donors (Lipinski definition) is 1. The first-order valence-corrected chi connectivity index (χ1v) is 8.72. The molecule has 112 valence electrons. The highest BCUT2D eigenvalue weighted by Crippen LogP contribution is 2.27. The van der Waals surface area contributed by atoms with E-state index in [0.29, 0.717) is 4.90 Å². The highest BCUT2D eigenvalue weighted by molar-refractivity contribution is 7.90. The van der Waals surface area contributed by atoms with E-state index < -0.39 is 9.84 Å². The summed E-state index contributed by atoms with van der Waals surface area (Å²) in [6.45, 7) is 6.18. The van der Waals surface area contributed by atoms with Crippen LogP contribution >= 0.6 is 0 Å². The Bertz CT molecular complexity index is 739. The standard InChI is InChI=1S/C17H21NO2S/c1-11-9-12(2)16(13(3)10-11)17(18)14-5-7-15(8-6-14)21(4,19)20/h5-10,17H,18H2,1-4H3. The van der Waals surface area contributed by atoms with Crippen molar-refractivity contribution in [3.8, 4) is 0 Å². The van der Waals surface area contributed by atoms with Crippen LogP contribution in [0.25, 0.3) is 0 Å². The summed E-state index contributed by atoms with van der Waals surface area (Å²) in [5, 5.41) is 0. The van der Waals surface area contributed by atoms with Gasteiger partial charge in [0.1, 0.15) is 0 Å². The van der Waals surface area contributed by atoms with Crippen LogP contribution in [0.1, 0.15) is 33.9 Å². The van der Waals surface area contributed by atoms with Crippen LogP contribution in [0, 0.1) is 20.8 Å². The lowest BCUT2D eigenvalue weighted by molar-refractivity contribution is 0.602. The quantitative estimate of drug-likeness (QED) is 0.948. The molecule has 0 aliphatic heterocycles. The topological polar surface area (TPSA) is 60.2 Å². The van der Waals surface area contributed by atoms with E-state index in [1.807, 2.05) is 0 Å². The predicted octanol–water partition coefficient (Wildman–Crippen LogP) is 3.06. The summed E-state index contributed by atoms with van der Waals surface area (Å²) in [4.78, 5) is 0.316. The molecule has 0 aliphatic rings. The molecule has 0 saturated heterocycles. The summed E-state index contributed by atoms with van der Waals surface area (Å²) in [6.07, 6.45) is 1.20.